The number of aromatic nitrogens is 2. The van der Waals surface area contributed by atoms with Crippen molar-refractivity contribution < 1.29 is 18.0 Å². The van der Waals surface area contributed by atoms with E-state index in [0.717, 1.165) is 17.4 Å². The maximum absolute atomic E-state index is 13.6. The number of halogens is 3. The minimum absolute atomic E-state index is 0.0146. The van der Waals surface area contributed by atoms with Crippen LogP contribution in [0.25, 0.3) is 10.2 Å². The van der Waals surface area contributed by atoms with Gasteiger partial charge in [0.05, 0.1) is 11.3 Å². The zero-order valence-electron chi connectivity index (χ0n) is 14.1. The summed E-state index contributed by atoms with van der Waals surface area (Å²) in [5.41, 5.74) is 4.51. The van der Waals surface area contributed by atoms with Gasteiger partial charge in [0.15, 0.2) is 5.13 Å². The zero-order chi connectivity index (χ0) is 19.3. The Morgan fingerprint density at radius 2 is 1.96 bits per heavy atom. The highest BCUT2D eigenvalue weighted by Crippen LogP contribution is 2.43. The molecule has 3 rings (SSSR count). The Bertz CT molecular complexity index is 972. The predicted molar refractivity (Wildman–Crippen MR) is 97.8 cm³/mol. The normalized spacial score (nSPS) is 12.5. The number of amides is 1. The molecule has 10 heteroatoms. The van der Waals surface area contributed by atoms with Crippen LogP contribution in [-0.4, -0.2) is 15.9 Å². The van der Waals surface area contributed by atoms with Gasteiger partial charge in [-0.25, -0.2) is 9.97 Å². The summed E-state index contributed by atoms with van der Waals surface area (Å²) < 4.78 is 40.8. The van der Waals surface area contributed by atoms with E-state index in [0.29, 0.717) is 5.13 Å². The molecular weight excluding hydrogens is 385 g/mol. The molecule has 0 fully saturated rings. The first-order chi connectivity index (χ1) is 12.0. The molecule has 0 aliphatic rings. The molecule has 0 radical (unpaired) electrons. The molecule has 0 bridgehead atoms. The largest absolute Gasteiger partial charge is 0.417 e. The molecular formula is C16H15F3N4OS2. The maximum atomic E-state index is 13.6. The molecule has 3 N–H and O–H groups in total. The summed E-state index contributed by atoms with van der Waals surface area (Å²) in [4.78, 5) is 20.7. The van der Waals surface area contributed by atoms with Gasteiger partial charge in [0, 0.05) is 28.1 Å². The number of nitrogens with two attached hydrogens (primary N) is 1. The molecule has 0 unspecified atom stereocenters. The van der Waals surface area contributed by atoms with E-state index in [4.69, 9.17) is 5.73 Å². The lowest BCUT2D eigenvalue weighted by Crippen LogP contribution is -2.16. The van der Waals surface area contributed by atoms with E-state index in [2.05, 4.69) is 15.3 Å². The molecule has 0 aromatic carbocycles. The molecule has 0 saturated heterocycles. The summed E-state index contributed by atoms with van der Waals surface area (Å²) in [6, 6.07) is 1.01. The number of carbonyl (C=O) groups excluding carboxylic acids is 1. The average molecular weight is 400 g/mol. The van der Waals surface area contributed by atoms with Gasteiger partial charge in [-0.1, -0.05) is 20.8 Å². The van der Waals surface area contributed by atoms with Gasteiger partial charge in [-0.2, -0.15) is 13.2 Å². The molecule has 138 valence electrons. The summed E-state index contributed by atoms with van der Waals surface area (Å²) in [5.74, 6) is -0.606. The second-order valence-electron chi connectivity index (χ2n) is 6.62. The Balaban J connectivity index is 2.19. The van der Waals surface area contributed by atoms with Gasteiger partial charge in [0.1, 0.15) is 9.71 Å². The molecule has 3 aromatic heterocycles. The number of fused-ring (bicyclic) bond motifs is 1. The van der Waals surface area contributed by atoms with Crippen LogP contribution in [0.5, 0.6) is 0 Å². The summed E-state index contributed by atoms with van der Waals surface area (Å²) in [6.07, 6.45) is -3.10. The van der Waals surface area contributed by atoms with Crippen LogP contribution in [0.2, 0.25) is 0 Å². The van der Waals surface area contributed by atoms with Crippen LogP contribution in [0.3, 0.4) is 0 Å². The molecule has 1 amide bonds. The average Bonchev–Trinajstić information content (AvgIpc) is 3.12. The second kappa shape index (κ2) is 6.20. The Morgan fingerprint density at radius 1 is 1.27 bits per heavy atom. The van der Waals surface area contributed by atoms with Crippen molar-refractivity contribution in [2.45, 2.75) is 32.4 Å². The van der Waals surface area contributed by atoms with Gasteiger partial charge >= 0.3 is 6.18 Å². The van der Waals surface area contributed by atoms with Crippen molar-refractivity contribution in [1.82, 2.24) is 9.97 Å². The molecule has 3 heterocycles. The topological polar surface area (TPSA) is 80.9 Å². The smallest absolute Gasteiger partial charge is 0.397 e. The molecule has 0 spiro atoms. The molecule has 0 saturated carbocycles. The standard InChI is InChI=1S/C16H15F3N4OS2/c1-15(2,3)8-6-7(16(17,18)19)9-10(20)11(26-13(9)22-8)12(24)23-14-21-4-5-25-14/h4-6H,20H2,1-3H3,(H,21,23,24). The molecule has 0 aliphatic heterocycles. The quantitative estimate of drug-likeness (QED) is 0.641. The lowest BCUT2D eigenvalue weighted by molar-refractivity contribution is -0.136. The summed E-state index contributed by atoms with van der Waals surface area (Å²) in [7, 11) is 0. The minimum atomic E-state index is -4.61. The van der Waals surface area contributed by atoms with E-state index in [1.54, 1.807) is 26.2 Å². The molecule has 0 atom stereocenters. The van der Waals surface area contributed by atoms with E-state index in [1.165, 1.54) is 17.5 Å². The van der Waals surface area contributed by atoms with E-state index >= 15 is 0 Å². The highest BCUT2D eigenvalue weighted by Gasteiger charge is 2.37. The van der Waals surface area contributed by atoms with E-state index in [1.807, 2.05) is 0 Å². The number of nitrogen functional groups attached to an aromatic ring is 1. The van der Waals surface area contributed by atoms with Crippen LogP contribution in [0, 0.1) is 0 Å². The van der Waals surface area contributed by atoms with Crippen molar-refractivity contribution in [3.8, 4) is 0 Å². The summed E-state index contributed by atoms with van der Waals surface area (Å²) in [6.45, 7) is 5.32. The number of pyridine rings is 1. The number of carbonyl (C=O) groups is 1. The first-order valence-electron chi connectivity index (χ1n) is 7.50. The first kappa shape index (κ1) is 18.6. The van der Waals surface area contributed by atoms with E-state index < -0.39 is 23.1 Å². The van der Waals surface area contributed by atoms with Gasteiger partial charge in [-0.15, -0.1) is 22.7 Å². The Morgan fingerprint density at radius 3 is 2.50 bits per heavy atom. The van der Waals surface area contributed by atoms with Crippen molar-refractivity contribution in [3.63, 3.8) is 0 Å². The highest BCUT2D eigenvalue weighted by molar-refractivity contribution is 7.21. The van der Waals surface area contributed by atoms with Gasteiger partial charge < -0.3 is 5.73 Å². The van der Waals surface area contributed by atoms with Crippen LogP contribution >= 0.6 is 22.7 Å². The van der Waals surface area contributed by atoms with E-state index in [9.17, 15) is 18.0 Å². The number of hydrogen-bond donors (Lipinski definition) is 2. The summed E-state index contributed by atoms with van der Waals surface area (Å²) >= 11 is 2.04. The van der Waals surface area contributed by atoms with Crippen LogP contribution in [0.1, 0.15) is 41.7 Å². The van der Waals surface area contributed by atoms with Gasteiger partial charge in [-0.3, -0.25) is 10.1 Å². The van der Waals surface area contributed by atoms with Crippen molar-refractivity contribution in [2.24, 2.45) is 0 Å². The third-order valence-electron chi connectivity index (χ3n) is 3.63. The van der Waals surface area contributed by atoms with Crippen LogP contribution in [-0.2, 0) is 11.6 Å². The van der Waals surface area contributed by atoms with Gasteiger partial charge in [0.25, 0.3) is 5.91 Å². The highest BCUT2D eigenvalue weighted by atomic mass is 32.1. The second-order valence-corrected chi connectivity index (χ2v) is 8.51. The number of thiophene rings is 1. The minimum Gasteiger partial charge on any atom is -0.397 e. The number of alkyl halides is 3. The predicted octanol–water partition coefficient (Wildman–Crippen LogP) is 4.90. The fourth-order valence-electron chi connectivity index (χ4n) is 2.34. The summed E-state index contributed by atoms with van der Waals surface area (Å²) in [5, 5.41) is 4.31. The number of nitrogens with zero attached hydrogens (tertiary/aromatic N) is 2. The number of nitrogens with one attached hydrogen (secondary N) is 1. The molecule has 3 aromatic rings. The Hall–Kier alpha value is -2.20. The molecule has 5 nitrogen and oxygen atoms in total. The monoisotopic (exact) mass is 400 g/mol. The number of thiazole rings is 1. The van der Waals surface area contributed by atoms with E-state index in [-0.39, 0.29) is 26.5 Å². The number of rotatable bonds is 2. The van der Waals surface area contributed by atoms with Crippen LogP contribution in [0.15, 0.2) is 17.6 Å². The van der Waals surface area contributed by atoms with Gasteiger partial charge in [0.2, 0.25) is 0 Å². The fraction of sp³-hybridized carbons (Fsp3) is 0.312. The van der Waals surface area contributed by atoms with Crippen molar-refractivity contribution in [3.05, 3.63) is 33.8 Å². The molecule has 26 heavy (non-hydrogen) atoms. The lowest BCUT2D eigenvalue weighted by atomic mass is 9.90. The number of hydrogen-bond acceptors (Lipinski definition) is 6. The van der Waals surface area contributed by atoms with Crippen molar-refractivity contribution in [2.75, 3.05) is 11.1 Å². The molecule has 0 aliphatic carbocycles. The Labute approximate surface area is 155 Å². The number of anilines is 2. The zero-order valence-corrected chi connectivity index (χ0v) is 15.7. The SMILES string of the molecule is CC(C)(C)c1cc(C(F)(F)F)c2c(N)c(C(=O)Nc3nccs3)sc2n1. The first-order valence-corrected chi connectivity index (χ1v) is 9.19. The third-order valence-corrected chi connectivity index (χ3v) is 5.42. The van der Waals surface area contributed by atoms with Crippen LogP contribution < -0.4 is 11.1 Å². The van der Waals surface area contributed by atoms with Gasteiger partial charge in [-0.05, 0) is 6.07 Å². The van der Waals surface area contributed by atoms with Crippen molar-refractivity contribution >= 4 is 49.6 Å². The lowest BCUT2D eigenvalue weighted by Gasteiger charge is -2.20. The van der Waals surface area contributed by atoms with Crippen LogP contribution in [0.4, 0.5) is 24.0 Å². The fourth-order valence-corrected chi connectivity index (χ4v) is 3.88. The maximum Gasteiger partial charge on any atom is 0.417 e. The third kappa shape index (κ3) is 3.38. The van der Waals surface area contributed by atoms with Crippen molar-refractivity contribution in [1.29, 1.82) is 0 Å². The Kier molecular flexibility index (Phi) is 4.43.